The SMILES string of the molecule is C=C(c1ccc(O)cc1)c1ccc(C(=C)c2ccc(O)cc2)cc1. The molecule has 0 radical (unpaired) electrons. The largest absolute Gasteiger partial charge is 0.508 e. The number of hydrogen-bond acceptors (Lipinski definition) is 2. The Morgan fingerprint density at radius 1 is 0.458 bits per heavy atom. The molecule has 0 saturated heterocycles. The van der Waals surface area contributed by atoms with Crippen LogP contribution < -0.4 is 0 Å². The molecule has 0 atom stereocenters. The lowest BCUT2D eigenvalue weighted by atomic mass is 9.95. The van der Waals surface area contributed by atoms with E-state index in [-0.39, 0.29) is 11.5 Å². The summed E-state index contributed by atoms with van der Waals surface area (Å²) < 4.78 is 0. The van der Waals surface area contributed by atoms with E-state index >= 15 is 0 Å². The minimum absolute atomic E-state index is 0.243. The van der Waals surface area contributed by atoms with Crippen molar-refractivity contribution in [3.05, 3.63) is 108 Å². The average Bonchev–Trinajstić information content (AvgIpc) is 2.62. The maximum atomic E-state index is 9.38. The fraction of sp³-hybridized carbons (Fsp3) is 0. The summed E-state index contributed by atoms with van der Waals surface area (Å²) >= 11 is 0. The van der Waals surface area contributed by atoms with Crippen LogP contribution in [0.5, 0.6) is 11.5 Å². The average molecular weight is 314 g/mol. The zero-order valence-corrected chi connectivity index (χ0v) is 13.2. The van der Waals surface area contributed by atoms with Crippen molar-refractivity contribution in [1.29, 1.82) is 0 Å². The van der Waals surface area contributed by atoms with E-state index in [4.69, 9.17) is 0 Å². The Labute approximate surface area is 141 Å². The maximum absolute atomic E-state index is 9.38. The highest BCUT2D eigenvalue weighted by Gasteiger charge is 2.06. The summed E-state index contributed by atoms with van der Waals surface area (Å²) in [5.41, 5.74) is 5.77. The number of phenols is 2. The van der Waals surface area contributed by atoms with Gasteiger partial charge in [-0.3, -0.25) is 0 Å². The third-order valence-electron chi connectivity index (χ3n) is 4.01. The monoisotopic (exact) mass is 314 g/mol. The molecule has 0 spiro atoms. The second-order valence-electron chi connectivity index (χ2n) is 5.63. The van der Waals surface area contributed by atoms with Crippen molar-refractivity contribution in [2.75, 3.05) is 0 Å². The van der Waals surface area contributed by atoms with Crippen LogP contribution in [-0.2, 0) is 0 Å². The van der Waals surface area contributed by atoms with E-state index in [1.807, 2.05) is 48.5 Å². The summed E-state index contributed by atoms with van der Waals surface area (Å²) in [6, 6.07) is 22.1. The molecule has 24 heavy (non-hydrogen) atoms. The van der Waals surface area contributed by atoms with Crippen LogP contribution in [-0.4, -0.2) is 10.2 Å². The zero-order chi connectivity index (χ0) is 17.1. The highest BCUT2D eigenvalue weighted by Crippen LogP contribution is 2.27. The Bertz CT molecular complexity index is 794. The third-order valence-corrected chi connectivity index (χ3v) is 4.01. The van der Waals surface area contributed by atoms with Gasteiger partial charge in [0, 0.05) is 0 Å². The number of rotatable bonds is 4. The molecule has 0 heterocycles. The summed E-state index contributed by atoms with van der Waals surface area (Å²) in [6.45, 7) is 8.27. The molecule has 0 aliphatic heterocycles. The first-order valence-electron chi connectivity index (χ1n) is 7.62. The van der Waals surface area contributed by atoms with Crippen molar-refractivity contribution >= 4 is 11.1 Å². The van der Waals surface area contributed by atoms with Gasteiger partial charge in [0.05, 0.1) is 0 Å². The van der Waals surface area contributed by atoms with Gasteiger partial charge in [-0.15, -0.1) is 0 Å². The van der Waals surface area contributed by atoms with Crippen molar-refractivity contribution in [1.82, 2.24) is 0 Å². The van der Waals surface area contributed by atoms with Gasteiger partial charge in [-0.05, 0) is 57.7 Å². The first kappa shape index (κ1) is 15.6. The fourth-order valence-corrected chi connectivity index (χ4v) is 2.53. The van der Waals surface area contributed by atoms with Crippen molar-refractivity contribution in [2.24, 2.45) is 0 Å². The highest BCUT2D eigenvalue weighted by molar-refractivity contribution is 5.82. The molecule has 118 valence electrons. The minimum Gasteiger partial charge on any atom is -0.508 e. The molecule has 2 nitrogen and oxygen atoms in total. The molecule has 0 aromatic heterocycles. The fourth-order valence-electron chi connectivity index (χ4n) is 2.53. The lowest BCUT2D eigenvalue weighted by Crippen LogP contribution is -1.89. The second-order valence-corrected chi connectivity index (χ2v) is 5.63. The van der Waals surface area contributed by atoms with Crippen LogP contribution in [0.25, 0.3) is 11.1 Å². The topological polar surface area (TPSA) is 40.5 Å². The number of aromatic hydroxyl groups is 2. The summed E-state index contributed by atoms with van der Waals surface area (Å²) in [5, 5.41) is 18.8. The van der Waals surface area contributed by atoms with Crippen LogP contribution in [0.2, 0.25) is 0 Å². The molecule has 0 unspecified atom stereocenters. The Hall–Kier alpha value is -3.26. The highest BCUT2D eigenvalue weighted by atomic mass is 16.3. The molecule has 3 rings (SSSR count). The minimum atomic E-state index is 0.243. The predicted molar refractivity (Wildman–Crippen MR) is 98.9 cm³/mol. The molecular formula is C22H18O2. The standard InChI is InChI=1S/C22H18O2/c1-15(19-7-11-21(23)12-8-19)17-3-5-18(6-4-17)16(2)20-9-13-22(24)14-10-20/h3-14,23-24H,1-2H2. The molecular weight excluding hydrogens is 296 g/mol. The quantitative estimate of drug-likeness (QED) is 0.693. The first-order valence-corrected chi connectivity index (χ1v) is 7.62. The van der Waals surface area contributed by atoms with Crippen LogP contribution in [0.4, 0.5) is 0 Å². The number of phenolic OH excluding ortho intramolecular Hbond substituents is 2. The molecule has 3 aromatic carbocycles. The van der Waals surface area contributed by atoms with E-state index in [1.165, 1.54) is 0 Å². The van der Waals surface area contributed by atoms with Gasteiger partial charge >= 0.3 is 0 Å². The Balaban J connectivity index is 1.82. The molecule has 0 saturated carbocycles. The van der Waals surface area contributed by atoms with Crippen molar-refractivity contribution in [3.63, 3.8) is 0 Å². The van der Waals surface area contributed by atoms with Crippen molar-refractivity contribution in [2.45, 2.75) is 0 Å². The summed E-state index contributed by atoms with van der Waals surface area (Å²) in [4.78, 5) is 0. The van der Waals surface area contributed by atoms with Crippen LogP contribution in [0.15, 0.2) is 86.0 Å². The first-order chi connectivity index (χ1) is 11.5. The van der Waals surface area contributed by atoms with Crippen LogP contribution in [0.3, 0.4) is 0 Å². The number of benzene rings is 3. The molecule has 0 amide bonds. The van der Waals surface area contributed by atoms with Crippen LogP contribution >= 0.6 is 0 Å². The normalized spacial score (nSPS) is 10.3. The van der Waals surface area contributed by atoms with Gasteiger partial charge in [-0.2, -0.15) is 0 Å². The van der Waals surface area contributed by atoms with Crippen molar-refractivity contribution in [3.8, 4) is 11.5 Å². The summed E-state index contributed by atoms with van der Waals surface area (Å²) in [5.74, 6) is 0.485. The van der Waals surface area contributed by atoms with E-state index in [9.17, 15) is 10.2 Å². The van der Waals surface area contributed by atoms with Gasteiger partial charge in [0.1, 0.15) is 11.5 Å². The van der Waals surface area contributed by atoms with Gasteiger partial charge in [0.25, 0.3) is 0 Å². The molecule has 0 aliphatic carbocycles. The second kappa shape index (κ2) is 6.47. The van der Waals surface area contributed by atoms with E-state index in [0.717, 1.165) is 33.4 Å². The molecule has 2 heteroatoms. The molecule has 0 fully saturated rings. The van der Waals surface area contributed by atoms with E-state index in [2.05, 4.69) is 13.2 Å². The van der Waals surface area contributed by atoms with Gasteiger partial charge in [-0.25, -0.2) is 0 Å². The molecule has 2 N–H and O–H groups in total. The summed E-state index contributed by atoms with van der Waals surface area (Å²) in [6.07, 6.45) is 0. The lowest BCUT2D eigenvalue weighted by molar-refractivity contribution is 0.474. The van der Waals surface area contributed by atoms with Crippen LogP contribution in [0.1, 0.15) is 22.3 Å². The predicted octanol–water partition coefficient (Wildman–Crippen LogP) is 5.22. The van der Waals surface area contributed by atoms with Crippen LogP contribution in [0, 0.1) is 0 Å². The smallest absolute Gasteiger partial charge is 0.115 e. The third kappa shape index (κ3) is 3.23. The zero-order valence-electron chi connectivity index (χ0n) is 13.2. The Kier molecular flexibility index (Phi) is 4.21. The number of hydrogen-bond donors (Lipinski definition) is 2. The molecule has 3 aromatic rings. The Morgan fingerprint density at radius 3 is 0.917 bits per heavy atom. The lowest BCUT2D eigenvalue weighted by Gasteiger charge is -2.10. The van der Waals surface area contributed by atoms with E-state index < -0.39 is 0 Å². The van der Waals surface area contributed by atoms with Gasteiger partial charge < -0.3 is 10.2 Å². The molecule has 0 bridgehead atoms. The summed E-state index contributed by atoms with van der Waals surface area (Å²) in [7, 11) is 0. The molecule has 0 aliphatic rings. The van der Waals surface area contributed by atoms with E-state index in [1.54, 1.807) is 24.3 Å². The maximum Gasteiger partial charge on any atom is 0.115 e. The van der Waals surface area contributed by atoms with E-state index in [0.29, 0.717) is 0 Å². The van der Waals surface area contributed by atoms with Gasteiger partial charge in [0.2, 0.25) is 0 Å². The Morgan fingerprint density at radius 2 is 0.667 bits per heavy atom. The van der Waals surface area contributed by atoms with Gasteiger partial charge in [-0.1, -0.05) is 61.7 Å². The van der Waals surface area contributed by atoms with Gasteiger partial charge in [0.15, 0.2) is 0 Å². The van der Waals surface area contributed by atoms with Crippen molar-refractivity contribution < 1.29 is 10.2 Å².